The maximum absolute atomic E-state index is 12.6. The summed E-state index contributed by atoms with van der Waals surface area (Å²) in [6, 6.07) is 19.1. The van der Waals surface area contributed by atoms with Crippen molar-refractivity contribution in [3.05, 3.63) is 83.2 Å². The van der Waals surface area contributed by atoms with E-state index in [4.69, 9.17) is 14.2 Å². The minimum Gasteiger partial charge on any atom is -0.494 e. The van der Waals surface area contributed by atoms with Crippen molar-refractivity contribution in [3.8, 4) is 11.5 Å². The molecule has 2 aromatic carbocycles. The summed E-state index contributed by atoms with van der Waals surface area (Å²) in [5.41, 5.74) is 3.60. The van der Waals surface area contributed by atoms with Crippen LogP contribution in [0.3, 0.4) is 0 Å². The van der Waals surface area contributed by atoms with Gasteiger partial charge in [-0.2, -0.15) is 0 Å². The number of Topliss-reactive ketones (excluding diaryl/α,β-unsaturated/α-hetero) is 1. The van der Waals surface area contributed by atoms with Gasteiger partial charge in [0.25, 0.3) is 0 Å². The summed E-state index contributed by atoms with van der Waals surface area (Å²) in [5.74, 6) is 0.727. The molecule has 0 saturated heterocycles. The van der Waals surface area contributed by atoms with Gasteiger partial charge in [-0.1, -0.05) is 30.3 Å². The molecule has 3 aromatic rings. The highest BCUT2D eigenvalue weighted by molar-refractivity contribution is 5.99. The second-order valence-electron chi connectivity index (χ2n) is 7.44. The van der Waals surface area contributed by atoms with Crippen LogP contribution < -0.4 is 9.47 Å². The summed E-state index contributed by atoms with van der Waals surface area (Å²) in [7, 11) is 0. The van der Waals surface area contributed by atoms with Crippen LogP contribution in [0.1, 0.15) is 40.7 Å². The number of benzene rings is 2. The molecule has 0 aliphatic rings. The fourth-order valence-electron chi connectivity index (χ4n) is 3.44. The van der Waals surface area contributed by atoms with Gasteiger partial charge in [-0.3, -0.25) is 9.59 Å². The lowest BCUT2D eigenvalue weighted by atomic mass is 10.1. The number of carbonyl (C=O) groups excluding carboxylic acids is 2. The summed E-state index contributed by atoms with van der Waals surface area (Å²) in [6.07, 6.45) is 0.0630. The van der Waals surface area contributed by atoms with Crippen molar-refractivity contribution in [2.45, 2.75) is 33.7 Å². The van der Waals surface area contributed by atoms with E-state index in [0.29, 0.717) is 24.5 Å². The van der Waals surface area contributed by atoms with Crippen molar-refractivity contribution >= 4 is 11.8 Å². The van der Waals surface area contributed by atoms with Crippen LogP contribution in [0.15, 0.2) is 60.7 Å². The molecule has 6 heteroatoms. The molecule has 0 spiro atoms. The first-order valence-electron chi connectivity index (χ1n) is 10.7. The van der Waals surface area contributed by atoms with E-state index in [-0.39, 0.29) is 25.4 Å². The van der Waals surface area contributed by atoms with Crippen LogP contribution in [0, 0.1) is 13.8 Å². The highest BCUT2D eigenvalue weighted by atomic mass is 16.5. The summed E-state index contributed by atoms with van der Waals surface area (Å²) in [6.45, 7) is 6.98. The van der Waals surface area contributed by atoms with Gasteiger partial charge in [0, 0.05) is 23.5 Å². The molecule has 0 aliphatic carbocycles. The van der Waals surface area contributed by atoms with E-state index in [1.54, 1.807) is 12.1 Å². The molecule has 0 amide bonds. The molecule has 3 rings (SSSR count). The standard InChI is InChI=1S/C26H29NO5/c1-4-30-22-10-12-23(13-11-22)31-15-14-26(29)32-18-25(28)24-16-19(2)27(20(24)3)17-21-8-6-5-7-9-21/h5-13,16H,4,14-15,17-18H2,1-3H3. The lowest BCUT2D eigenvalue weighted by Gasteiger charge is -2.10. The number of esters is 1. The van der Waals surface area contributed by atoms with Crippen LogP contribution in [0.4, 0.5) is 0 Å². The Morgan fingerprint density at radius 1 is 0.906 bits per heavy atom. The third-order valence-corrected chi connectivity index (χ3v) is 5.13. The Kier molecular flexibility index (Phi) is 8.08. The van der Waals surface area contributed by atoms with Crippen molar-refractivity contribution in [2.24, 2.45) is 0 Å². The molecule has 168 valence electrons. The van der Waals surface area contributed by atoms with Gasteiger partial charge in [0.1, 0.15) is 11.5 Å². The Morgan fingerprint density at radius 3 is 2.22 bits per heavy atom. The van der Waals surface area contributed by atoms with Crippen molar-refractivity contribution in [3.63, 3.8) is 0 Å². The monoisotopic (exact) mass is 435 g/mol. The maximum Gasteiger partial charge on any atom is 0.309 e. The predicted molar refractivity (Wildman–Crippen MR) is 122 cm³/mol. The van der Waals surface area contributed by atoms with Crippen molar-refractivity contribution < 1.29 is 23.8 Å². The summed E-state index contributed by atoms with van der Waals surface area (Å²) < 4.78 is 18.2. The number of hydrogen-bond donors (Lipinski definition) is 0. The van der Waals surface area contributed by atoms with E-state index >= 15 is 0 Å². The quantitative estimate of drug-likeness (QED) is 0.321. The van der Waals surface area contributed by atoms with Gasteiger partial charge in [-0.25, -0.2) is 0 Å². The minimum absolute atomic E-state index is 0.0630. The first-order chi connectivity index (χ1) is 15.5. The third-order valence-electron chi connectivity index (χ3n) is 5.13. The first-order valence-corrected chi connectivity index (χ1v) is 10.7. The van der Waals surface area contributed by atoms with Crippen LogP contribution in [-0.2, 0) is 16.1 Å². The van der Waals surface area contributed by atoms with E-state index in [9.17, 15) is 9.59 Å². The van der Waals surface area contributed by atoms with Gasteiger partial charge in [0.2, 0.25) is 5.78 Å². The molecule has 0 radical (unpaired) electrons. The van der Waals surface area contributed by atoms with Crippen molar-refractivity contribution in [1.82, 2.24) is 4.57 Å². The molecule has 0 N–H and O–H groups in total. The molecule has 0 atom stereocenters. The van der Waals surface area contributed by atoms with Gasteiger partial charge in [-0.15, -0.1) is 0 Å². The van der Waals surface area contributed by atoms with Crippen LogP contribution in [0.2, 0.25) is 0 Å². The number of carbonyl (C=O) groups is 2. The zero-order chi connectivity index (χ0) is 22.9. The molecule has 0 aliphatic heterocycles. The van der Waals surface area contributed by atoms with Gasteiger partial charge in [0.05, 0.1) is 19.6 Å². The molecule has 0 fully saturated rings. The lowest BCUT2D eigenvalue weighted by Crippen LogP contribution is -2.16. The van der Waals surface area contributed by atoms with E-state index in [0.717, 1.165) is 22.7 Å². The number of ether oxygens (including phenoxy) is 3. The summed E-state index contributed by atoms with van der Waals surface area (Å²) in [4.78, 5) is 24.7. The number of aromatic nitrogens is 1. The topological polar surface area (TPSA) is 66.8 Å². The highest BCUT2D eigenvalue weighted by Crippen LogP contribution is 2.19. The number of hydrogen-bond acceptors (Lipinski definition) is 5. The van der Waals surface area contributed by atoms with Gasteiger partial charge < -0.3 is 18.8 Å². The van der Waals surface area contributed by atoms with E-state index in [2.05, 4.69) is 16.7 Å². The first kappa shape index (κ1) is 23.1. The van der Waals surface area contributed by atoms with Crippen molar-refractivity contribution in [1.29, 1.82) is 0 Å². The Morgan fingerprint density at radius 2 is 1.56 bits per heavy atom. The summed E-state index contributed by atoms with van der Waals surface area (Å²) in [5, 5.41) is 0. The molecular formula is C26H29NO5. The fourth-order valence-corrected chi connectivity index (χ4v) is 3.44. The van der Waals surface area contributed by atoms with Crippen LogP contribution in [0.25, 0.3) is 0 Å². The minimum atomic E-state index is -0.470. The van der Waals surface area contributed by atoms with Crippen molar-refractivity contribution in [2.75, 3.05) is 19.8 Å². The number of nitrogens with zero attached hydrogens (tertiary/aromatic N) is 1. The van der Waals surface area contributed by atoms with E-state index in [1.807, 2.05) is 57.2 Å². The third kappa shape index (κ3) is 6.23. The molecule has 1 heterocycles. The highest BCUT2D eigenvalue weighted by Gasteiger charge is 2.17. The number of rotatable bonds is 11. The number of aryl methyl sites for hydroxylation is 1. The van der Waals surface area contributed by atoms with Crippen LogP contribution >= 0.6 is 0 Å². The molecule has 0 saturated carbocycles. The van der Waals surface area contributed by atoms with E-state index < -0.39 is 5.97 Å². The molecule has 6 nitrogen and oxygen atoms in total. The van der Waals surface area contributed by atoms with Crippen LogP contribution in [0.5, 0.6) is 11.5 Å². The lowest BCUT2D eigenvalue weighted by molar-refractivity contribution is -0.143. The predicted octanol–water partition coefficient (Wildman–Crippen LogP) is 4.75. The zero-order valence-corrected chi connectivity index (χ0v) is 18.8. The Balaban J connectivity index is 1.46. The molecular weight excluding hydrogens is 406 g/mol. The molecule has 0 unspecified atom stereocenters. The van der Waals surface area contributed by atoms with Gasteiger partial charge in [0.15, 0.2) is 6.61 Å². The summed E-state index contributed by atoms with van der Waals surface area (Å²) >= 11 is 0. The molecule has 0 bridgehead atoms. The maximum atomic E-state index is 12.6. The van der Waals surface area contributed by atoms with Gasteiger partial charge in [-0.05, 0) is 56.7 Å². The second-order valence-corrected chi connectivity index (χ2v) is 7.44. The molecule has 32 heavy (non-hydrogen) atoms. The normalized spacial score (nSPS) is 10.6. The smallest absolute Gasteiger partial charge is 0.309 e. The Hall–Kier alpha value is -3.54. The Bertz CT molecular complexity index is 1040. The average molecular weight is 436 g/mol. The Labute approximate surface area is 188 Å². The second kappa shape index (κ2) is 11.2. The molecule has 1 aromatic heterocycles. The number of ketones is 1. The fraction of sp³-hybridized carbons (Fsp3) is 0.308. The van der Waals surface area contributed by atoms with Gasteiger partial charge >= 0.3 is 5.97 Å². The zero-order valence-electron chi connectivity index (χ0n) is 18.8. The largest absolute Gasteiger partial charge is 0.494 e. The van der Waals surface area contributed by atoms with E-state index in [1.165, 1.54) is 0 Å². The SMILES string of the molecule is CCOc1ccc(OCCC(=O)OCC(=O)c2cc(C)n(Cc3ccccc3)c2C)cc1. The van der Waals surface area contributed by atoms with Crippen LogP contribution in [-0.4, -0.2) is 36.1 Å². The average Bonchev–Trinajstić information content (AvgIpc) is 3.08.